The second-order valence-electron chi connectivity index (χ2n) is 8.37. The van der Waals surface area contributed by atoms with Crippen molar-refractivity contribution in [1.82, 2.24) is 19.0 Å². The lowest BCUT2D eigenvalue weighted by Crippen LogP contribution is -2.32. The van der Waals surface area contributed by atoms with Crippen LogP contribution in [0.5, 0.6) is 5.75 Å². The molecule has 0 saturated carbocycles. The van der Waals surface area contributed by atoms with E-state index in [2.05, 4.69) is 4.98 Å². The Morgan fingerprint density at radius 1 is 1.12 bits per heavy atom. The maximum absolute atomic E-state index is 14.4. The van der Waals surface area contributed by atoms with E-state index in [-0.39, 0.29) is 12.6 Å². The minimum atomic E-state index is -5.51. The molecule has 0 aliphatic heterocycles. The molecule has 1 amide bonds. The number of nitrogens with zero attached hydrogens (tertiary/aromatic N) is 5. The Balaban J connectivity index is 2.23. The zero-order chi connectivity index (χ0) is 30.3. The van der Waals surface area contributed by atoms with E-state index in [1.54, 1.807) is 0 Å². The molecule has 2 aromatic heterocycles. The zero-order valence-corrected chi connectivity index (χ0v) is 22.1. The summed E-state index contributed by atoms with van der Waals surface area (Å²) in [7, 11) is 3.84. The van der Waals surface area contributed by atoms with Crippen LogP contribution in [0.3, 0.4) is 0 Å². The molecule has 0 aliphatic carbocycles. The Morgan fingerprint density at radius 2 is 1.75 bits per heavy atom. The third-order valence-electron chi connectivity index (χ3n) is 5.42. The molecule has 3 aromatic rings. The fourth-order valence-electron chi connectivity index (χ4n) is 3.22. The number of alkyl halides is 6. The molecule has 18 heteroatoms. The Hall–Kier alpha value is -3.28. The van der Waals surface area contributed by atoms with Gasteiger partial charge in [0.15, 0.2) is 22.2 Å². The number of carbonyl (C=O) groups excluding carboxylic acids is 1. The Kier molecular flexibility index (Phi) is 8.83. The van der Waals surface area contributed by atoms with Crippen LogP contribution in [0, 0.1) is 16.4 Å². The average Bonchev–Trinajstić information content (AvgIpc) is 3.20. The average molecular weight is 620 g/mol. The largest absolute Gasteiger partial charge is 0.433 e. The highest BCUT2D eigenvalue weighted by Crippen LogP contribution is 2.43. The molecular formula is C22H18ClF8N5O3S. The third kappa shape index (κ3) is 6.37. The minimum Gasteiger partial charge on any atom is -0.405 e. The van der Waals surface area contributed by atoms with E-state index in [9.17, 15) is 45.0 Å². The molecule has 218 valence electrons. The molecule has 1 aromatic carbocycles. The summed E-state index contributed by atoms with van der Waals surface area (Å²) >= 11 is 10.7. The van der Waals surface area contributed by atoms with E-state index >= 15 is 0 Å². The molecule has 40 heavy (non-hydrogen) atoms. The summed E-state index contributed by atoms with van der Waals surface area (Å²) in [6.07, 6.45) is -11.6. The minimum absolute atomic E-state index is 0.244. The van der Waals surface area contributed by atoms with Gasteiger partial charge in [0.1, 0.15) is 28.3 Å². The van der Waals surface area contributed by atoms with Crippen molar-refractivity contribution >= 4 is 35.6 Å². The van der Waals surface area contributed by atoms with Crippen LogP contribution < -0.4 is 9.64 Å². The van der Waals surface area contributed by atoms with Gasteiger partial charge in [-0.1, -0.05) is 11.6 Å². The number of anilines is 1. The number of hydrogen-bond acceptors (Lipinski definition) is 6. The van der Waals surface area contributed by atoms with Crippen LogP contribution in [-0.2, 0) is 18.9 Å². The predicted octanol–water partition coefficient (Wildman–Crippen LogP) is 5.89. The number of imidazole rings is 1. The molecule has 0 radical (unpaired) electrons. The number of aromatic nitrogens is 3. The summed E-state index contributed by atoms with van der Waals surface area (Å²) in [5, 5.41) is 9.06. The number of rotatable bonds is 6. The predicted molar refractivity (Wildman–Crippen MR) is 128 cm³/mol. The van der Waals surface area contributed by atoms with Crippen molar-refractivity contribution in [3.05, 3.63) is 63.3 Å². The summed E-state index contributed by atoms with van der Waals surface area (Å²) in [6.45, 7) is -0.244. The quantitative estimate of drug-likeness (QED) is 0.161. The Labute approximate surface area is 230 Å². The van der Waals surface area contributed by atoms with Crippen molar-refractivity contribution in [1.29, 1.82) is 0 Å². The first-order valence-electron chi connectivity index (χ1n) is 10.8. The molecule has 0 saturated heterocycles. The van der Waals surface area contributed by atoms with Gasteiger partial charge in [0.05, 0.1) is 12.2 Å². The van der Waals surface area contributed by atoms with Gasteiger partial charge < -0.3 is 14.4 Å². The molecule has 3 rings (SSSR count). The van der Waals surface area contributed by atoms with E-state index in [0.29, 0.717) is 15.5 Å². The van der Waals surface area contributed by atoms with Gasteiger partial charge in [0.2, 0.25) is 0 Å². The maximum atomic E-state index is 14.4. The zero-order valence-electron chi connectivity index (χ0n) is 20.5. The second-order valence-corrected chi connectivity index (χ2v) is 9.12. The maximum Gasteiger partial charge on any atom is 0.433 e. The molecule has 8 nitrogen and oxygen atoms in total. The van der Waals surface area contributed by atoms with Crippen molar-refractivity contribution in [3.63, 3.8) is 0 Å². The van der Waals surface area contributed by atoms with Gasteiger partial charge in [-0.3, -0.25) is 14.4 Å². The summed E-state index contributed by atoms with van der Waals surface area (Å²) < 4.78 is 117. The van der Waals surface area contributed by atoms with Crippen molar-refractivity contribution in [2.45, 2.75) is 25.1 Å². The Morgan fingerprint density at radius 3 is 2.30 bits per heavy atom. The molecule has 0 aliphatic rings. The highest BCUT2D eigenvalue weighted by molar-refractivity contribution is 7.71. The monoisotopic (exact) mass is 619 g/mol. The highest BCUT2D eigenvalue weighted by atomic mass is 35.5. The smallest absolute Gasteiger partial charge is 0.405 e. The summed E-state index contributed by atoms with van der Waals surface area (Å²) in [5.74, 6) is -5.32. The molecule has 0 fully saturated rings. The molecular weight excluding hydrogens is 602 g/mol. The lowest BCUT2D eigenvalue weighted by atomic mass is 10.1. The number of halogens is 9. The van der Waals surface area contributed by atoms with Gasteiger partial charge in [0.25, 0.3) is 0 Å². The van der Waals surface area contributed by atoms with E-state index in [4.69, 9.17) is 28.6 Å². The van der Waals surface area contributed by atoms with E-state index in [0.717, 1.165) is 30.1 Å². The van der Waals surface area contributed by atoms with Crippen molar-refractivity contribution in [2.24, 2.45) is 0 Å². The molecule has 0 bridgehead atoms. The van der Waals surface area contributed by atoms with Crippen LogP contribution in [-0.4, -0.2) is 57.6 Å². The third-order valence-corrected chi connectivity index (χ3v) is 6.20. The fourth-order valence-corrected chi connectivity index (χ4v) is 3.66. The van der Waals surface area contributed by atoms with Crippen molar-refractivity contribution < 1.29 is 49.8 Å². The van der Waals surface area contributed by atoms with E-state index < -0.39 is 74.6 Å². The number of carbonyl (C=O) groups is 1. The number of aliphatic hydroxyl groups excluding tert-OH is 1. The Bertz CT molecular complexity index is 1490. The van der Waals surface area contributed by atoms with Gasteiger partial charge in [-0.2, -0.15) is 26.3 Å². The van der Waals surface area contributed by atoms with Gasteiger partial charge >= 0.3 is 18.4 Å². The van der Waals surface area contributed by atoms with Crippen LogP contribution in [0.1, 0.15) is 11.3 Å². The van der Waals surface area contributed by atoms with Gasteiger partial charge in [-0.05, 0) is 44.5 Å². The first-order valence-corrected chi connectivity index (χ1v) is 11.5. The standard InChI is InChI=1S/C22H18ClF8N5O3S/c1-33(2)14(37)9-35-6-7-36(19(35)40)18-17(10(21(26,27)28)8-13(32-18)22(29,30)31)39-20(38)34(3)12-5-4-11(24)15(23)16(12)25/h4-8,14,37H,9H2,1-3H3. The number of benzene rings is 1. The van der Waals surface area contributed by atoms with Gasteiger partial charge in [-0.15, -0.1) is 0 Å². The van der Waals surface area contributed by atoms with E-state index in [1.807, 2.05) is 0 Å². The van der Waals surface area contributed by atoms with Gasteiger partial charge in [0, 0.05) is 19.4 Å². The molecule has 0 spiro atoms. The lowest BCUT2D eigenvalue weighted by molar-refractivity contribution is -0.146. The molecule has 1 atom stereocenters. The van der Waals surface area contributed by atoms with Crippen LogP contribution in [0.2, 0.25) is 5.02 Å². The second kappa shape index (κ2) is 11.3. The number of likely N-dealkylation sites (N-methyl/N-ethyl adjacent to an activating group) is 1. The number of ether oxygens (including phenoxy) is 1. The summed E-state index contributed by atoms with van der Waals surface area (Å²) in [5.41, 5.74) is -4.75. The number of pyridine rings is 1. The molecule has 2 heterocycles. The first-order chi connectivity index (χ1) is 18.3. The SMILES string of the molecule is CN(C(=O)Oc1c(C(F)(F)F)cc(C(F)(F)F)nc1-n1ccn(CC(O)N(C)C)c1=S)c1ccc(F)c(Cl)c1F. The van der Waals surface area contributed by atoms with Crippen molar-refractivity contribution in [3.8, 4) is 11.6 Å². The van der Waals surface area contributed by atoms with Crippen LogP contribution in [0.15, 0.2) is 30.6 Å². The highest BCUT2D eigenvalue weighted by Gasteiger charge is 2.43. The van der Waals surface area contributed by atoms with E-state index in [1.165, 1.54) is 19.0 Å². The van der Waals surface area contributed by atoms with Gasteiger partial charge in [-0.25, -0.2) is 18.6 Å². The number of aliphatic hydroxyl groups is 1. The molecule has 1 N–H and O–H groups in total. The summed E-state index contributed by atoms with van der Waals surface area (Å²) in [4.78, 5) is 17.7. The van der Waals surface area contributed by atoms with Crippen LogP contribution >= 0.6 is 23.8 Å². The number of amides is 1. The van der Waals surface area contributed by atoms with Crippen LogP contribution in [0.25, 0.3) is 5.82 Å². The number of hydrogen-bond donors (Lipinski definition) is 1. The topological polar surface area (TPSA) is 75.8 Å². The normalized spacial score (nSPS) is 13.1. The summed E-state index contributed by atoms with van der Waals surface area (Å²) in [6, 6.07) is 1.04. The van der Waals surface area contributed by atoms with Crippen molar-refractivity contribution in [2.75, 3.05) is 26.0 Å². The van der Waals surface area contributed by atoms with Crippen LogP contribution in [0.4, 0.5) is 45.6 Å². The lowest BCUT2D eigenvalue weighted by Gasteiger charge is -2.22. The molecule has 1 unspecified atom stereocenters. The fraction of sp³-hybridized carbons (Fsp3) is 0.318. The first kappa shape index (κ1) is 31.3.